The van der Waals surface area contributed by atoms with Crippen molar-refractivity contribution in [3.8, 4) is 29.5 Å². The first-order valence-electron chi connectivity index (χ1n) is 8.98. The van der Waals surface area contributed by atoms with Gasteiger partial charge in [0.05, 0.1) is 12.8 Å². The fourth-order valence-corrected chi connectivity index (χ4v) is 3.42. The molecule has 1 aliphatic rings. The van der Waals surface area contributed by atoms with E-state index in [1.54, 1.807) is 36.2 Å². The van der Waals surface area contributed by atoms with E-state index >= 15 is 0 Å². The molecule has 1 aliphatic heterocycles. The molecule has 1 aromatic heterocycles. The van der Waals surface area contributed by atoms with Crippen LogP contribution in [0.1, 0.15) is 23.6 Å². The van der Waals surface area contributed by atoms with Gasteiger partial charge in [-0.15, -0.1) is 6.42 Å². The van der Waals surface area contributed by atoms with Crippen molar-refractivity contribution in [2.45, 2.75) is 12.3 Å². The van der Waals surface area contributed by atoms with Crippen LogP contribution in [0.15, 0.2) is 48.8 Å². The normalized spacial score (nSPS) is 15.2. The van der Waals surface area contributed by atoms with Crippen LogP contribution in [0.3, 0.4) is 0 Å². The first-order valence-corrected chi connectivity index (χ1v) is 8.98. The minimum absolute atomic E-state index is 0.127. The molecule has 6 nitrogen and oxygen atoms in total. The van der Waals surface area contributed by atoms with Crippen molar-refractivity contribution in [2.75, 3.05) is 19.0 Å². The van der Waals surface area contributed by atoms with Gasteiger partial charge in [-0.05, 0) is 42.0 Å². The molecule has 2 aromatic carbocycles. The summed E-state index contributed by atoms with van der Waals surface area (Å²) in [5.74, 6) is 3.35. The zero-order chi connectivity index (χ0) is 20.4. The molecule has 0 saturated carbocycles. The van der Waals surface area contributed by atoms with Gasteiger partial charge in [-0.1, -0.05) is 12.0 Å². The van der Waals surface area contributed by atoms with Gasteiger partial charge in [0.2, 0.25) is 5.91 Å². The Morgan fingerprint density at radius 2 is 2.07 bits per heavy atom. The second-order valence-electron chi connectivity index (χ2n) is 6.53. The number of carbonyl (C=O) groups is 1. The Bertz CT molecular complexity index is 1100. The van der Waals surface area contributed by atoms with Crippen molar-refractivity contribution in [1.82, 2.24) is 9.55 Å². The summed E-state index contributed by atoms with van der Waals surface area (Å²) in [5, 5.41) is 2.88. The first kappa shape index (κ1) is 18.6. The maximum absolute atomic E-state index is 13.3. The minimum Gasteiger partial charge on any atom is -0.493 e. The molecule has 4 rings (SSSR count). The molecule has 1 atom stereocenters. The van der Waals surface area contributed by atoms with Crippen LogP contribution >= 0.6 is 0 Å². The van der Waals surface area contributed by atoms with Crippen molar-refractivity contribution in [3.05, 3.63) is 65.9 Å². The summed E-state index contributed by atoms with van der Waals surface area (Å²) in [6.07, 6.45) is 7.12. The van der Waals surface area contributed by atoms with Crippen molar-refractivity contribution in [3.63, 3.8) is 0 Å². The highest BCUT2D eigenvalue weighted by molar-refractivity contribution is 5.94. The Balaban J connectivity index is 1.73. The van der Waals surface area contributed by atoms with Crippen LogP contribution in [0.4, 0.5) is 10.2 Å². The number of hydrogen-bond donors (Lipinski definition) is 1. The monoisotopic (exact) mass is 391 g/mol. The van der Waals surface area contributed by atoms with Crippen LogP contribution in [0.25, 0.3) is 5.69 Å². The molecule has 0 fully saturated rings. The third-order valence-electron chi connectivity index (χ3n) is 4.78. The highest BCUT2D eigenvalue weighted by Crippen LogP contribution is 2.40. The van der Waals surface area contributed by atoms with E-state index in [1.165, 1.54) is 12.1 Å². The van der Waals surface area contributed by atoms with Crippen molar-refractivity contribution < 1.29 is 18.7 Å². The van der Waals surface area contributed by atoms with Crippen LogP contribution in [-0.2, 0) is 4.79 Å². The largest absolute Gasteiger partial charge is 0.493 e. The highest BCUT2D eigenvalue weighted by atomic mass is 19.1. The summed E-state index contributed by atoms with van der Waals surface area (Å²) in [6, 6.07) is 11.5. The Labute approximate surface area is 167 Å². The topological polar surface area (TPSA) is 65.4 Å². The zero-order valence-electron chi connectivity index (χ0n) is 15.7. The van der Waals surface area contributed by atoms with Gasteiger partial charge in [0, 0.05) is 18.0 Å². The van der Waals surface area contributed by atoms with E-state index in [0.717, 1.165) is 11.3 Å². The summed E-state index contributed by atoms with van der Waals surface area (Å²) in [4.78, 5) is 16.9. The fourth-order valence-electron chi connectivity index (χ4n) is 3.42. The van der Waals surface area contributed by atoms with Crippen molar-refractivity contribution in [2.24, 2.45) is 0 Å². The summed E-state index contributed by atoms with van der Waals surface area (Å²) >= 11 is 0. The number of carbonyl (C=O) groups excluding carboxylic acids is 1. The lowest BCUT2D eigenvalue weighted by molar-refractivity contribution is -0.116. The molecule has 1 N–H and O–H groups in total. The molecular weight excluding hydrogens is 373 g/mol. The Hall–Kier alpha value is -3.79. The molecule has 29 heavy (non-hydrogen) atoms. The molecule has 1 unspecified atom stereocenters. The lowest BCUT2D eigenvalue weighted by atomic mass is 9.89. The Morgan fingerprint density at radius 3 is 2.79 bits per heavy atom. The van der Waals surface area contributed by atoms with E-state index in [9.17, 15) is 9.18 Å². The Morgan fingerprint density at radius 1 is 1.28 bits per heavy atom. The van der Waals surface area contributed by atoms with Crippen LogP contribution in [0.2, 0.25) is 0 Å². The van der Waals surface area contributed by atoms with Crippen LogP contribution < -0.4 is 14.8 Å². The lowest BCUT2D eigenvalue weighted by Crippen LogP contribution is -2.25. The molecule has 7 heteroatoms. The second-order valence-corrected chi connectivity index (χ2v) is 6.53. The predicted molar refractivity (Wildman–Crippen MR) is 106 cm³/mol. The lowest BCUT2D eigenvalue weighted by Gasteiger charge is -2.24. The van der Waals surface area contributed by atoms with E-state index in [4.69, 9.17) is 15.9 Å². The number of benzene rings is 2. The SMILES string of the molecule is C#CCOc1ccc(C2CC(=O)Nc3c2ncn3-c2ccc(F)cc2)cc1OC. The number of imidazole rings is 1. The molecule has 146 valence electrons. The van der Waals surface area contributed by atoms with Gasteiger partial charge in [0.15, 0.2) is 11.5 Å². The van der Waals surface area contributed by atoms with Gasteiger partial charge in [-0.25, -0.2) is 9.37 Å². The molecule has 0 saturated heterocycles. The van der Waals surface area contributed by atoms with Gasteiger partial charge < -0.3 is 14.8 Å². The number of fused-ring (bicyclic) bond motifs is 1. The quantitative estimate of drug-likeness (QED) is 0.676. The maximum atomic E-state index is 13.3. The number of amides is 1. The van der Waals surface area contributed by atoms with Crippen molar-refractivity contribution >= 4 is 11.7 Å². The number of aromatic nitrogens is 2. The highest BCUT2D eigenvalue weighted by Gasteiger charge is 2.31. The standard InChI is InChI=1S/C22H18FN3O3/c1-3-10-29-18-9-4-14(11-19(18)28-2)17-12-20(27)25-22-21(17)24-13-26(22)16-7-5-15(23)6-8-16/h1,4-9,11,13,17H,10,12H2,2H3,(H,25,27). The third-order valence-corrected chi connectivity index (χ3v) is 4.78. The molecule has 0 radical (unpaired) electrons. The van der Waals surface area contributed by atoms with E-state index in [0.29, 0.717) is 23.0 Å². The predicted octanol–water partition coefficient (Wildman–Crippen LogP) is 3.51. The second kappa shape index (κ2) is 7.68. The first-order chi connectivity index (χ1) is 14.1. The van der Waals surface area contributed by atoms with Gasteiger partial charge in [-0.2, -0.15) is 0 Å². The molecule has 1 amide bonds. The summed E-state index contributed by atoms with van der Waals surface area (Å²) in [6.45, 7) is 0.133. The van der Waals surface area contributed by atoms with Gasteiger partial charge in [-0.3, -0.25) is 9.36 Å². The zero-order valence-corrected chi connectivity index (χ0v) is 15.7. The van der Waals surface area contributed by atoms with Gasteiger partial charge in [0.25, 0.3) is 0 Å². The number of rotatable bonds is 5. The maximum Gasteiger partial charge on any atom is 0.226 e. The van der Waals surface area contributed by atoms with E-state index < -0.39 is 0 Å². The number of ether oxygens (including phenoxy) is 2. The summed E-state index contributed by atoms with van der Waals surface area (Å²) < 4.78 is 25.9. The molecule has 2 heterocycles. The molecule has 0 aliphatic carbocycles. The fraction of sp³-hybridized carbons (Fsp3) is 0.182. The van der Waals surface area contributed by atoms with Crippen LogP contribution in [0.5, 0.6) is 11.5 Å². The number of anilines is 1. The van der Waals surface area contributed by atoms with E-state index in [-0.39, 0.29) is 30.7 Å². The number of hydrogen-bond acceptors (Lipinski definition) is 4. The van der Waals surface area contributed by atoms with Crippen molar-refractivity contribution in [1.29, 1.82) is 0 Å². The molecule has 0 spiro atoms. The van der Waals surface area contributed by atoms with Crippen LogP contribution in [-0.4, -0.2) is 29.2 Å². The number of halogens is 1. The summed E-state index contributed by atoms with van der Waals surface area (Å²) in [5.41, 5.74) is 2.31. The number of nitrogens with zero attached hydrogens (tertiary/aromatic N) is 2. The number of methoxy groups -OCH3 is 1. The average molecular weight is 391 g/mol. The van der Waals surface area contributed by atoms with Gasteiger partial charge >= 0.3 is 0 Å². The molecular formula is C22H18FN3O3. The van der Waals surface area contributed by atoms with Crippen LogP contribution in [0, 0.1) is 18.2 Å². The smallest absolute Gasteiger partial charge is 0.226 e. The summed E-state index contributed by atoms with van der Waals surface area (Å²) in [7, 11) is 1.55. The minimum atomic E-state index is -0.330. The Kier molecular flexibility index (Phi) is 4.92. The number of terminal acetylenes is 1. The number of nitrogens with one attached hydrogen (secondary N) is 1. The van der Waals surface area contributed by atoms with E-state index in [2.05, 4.69) is 16.2 Å². The van der Waals surface area contributed by atoms with E-state index in [1.807, 2.05) is 12.1 Å². The molecule has 0 bridgehead atoms. The third kappa shape index (κ3) is 3.52. The average Bonchev–Trinajstić information content (AvgIpc) is 3.15. The van der Waals surface area contributed by atoms with Gasteiger partial charge in [0.1, 0.15) is 24.6 Å². The molecule has 3 aromatic rings.